The van der Waals surface area contributed by atoms with Crippen molar-refractivity contribution >= 4 is 55.9 Å². The highest BCUT2D eigenvalue weighted by molar-refractivity contribution is 14.1. The number of hydrogen-bond acceptors (Lipinski definition) is 3. The van der Waals surface area contributed by atoms with Crippen LogP contribution >= 0.6 is 38.5 Å². The molecule has 4 nitrogen and oxygen atoms in total. The van der Waals surface area contributed by atoms with Gasteiger partial charge >= 0.3 is 0 Å². The summed E-state index contributed by atoms with van der Waals surface area (Å²) in [4.78, 5) is 28.0. The number of aromatic nitrogens is 1. The fourth-order valence-corrected chi connectivity index (χ4v) is 2.26. The highest BCUT2D eigenvalue weighted by Crippen LogP contribution is 2.21. The van der Waals surface area contributed by atoms with Crippen LogP contribution < -0.4 is 5.32 Å². The Hall–Kier alpha value is -1.28. The lowest BCUT2D eigenvalue weighted by molar-refractivity contribution is -0.113. The van der Waals surface area contributed by atoms with E-state index in [1.54, 1.807) is 36.5 Å². The van der Waals surface area contributed by atoms with E-state index in [-0.39, 0.29) is 17.0 Å². The summed E-state index contributed by atoms with van der Waals surface area (Å²) in [6.45, 7) is 0. The van der Waals surface area contributed by atoms with Crippen molar-refractivity contribution < 1.29 is 9.59 Å². The van der Waals surface area contributed by atoms with Gasteiger partial charge < -0.3 is 5.32 Å². The Labute approximate surface area is 138 Å². The molecule has 1 aromatic heterocycles. The minimum Gasteiger partial charge on any atom is -0.325 e. The number of carbonyl (C=O) groups excluding carboxylic acids is 2. The average molecular weight is 445 g/mol. The molecular weight excluding hydrogens is 435 g/mol. The van der Waals surface area contributed by atoms with Crippen molar-refractivity contribution in [2.45, 2.75) is 0 Å². The summed E-state index contributed by atoms with van der Waals surface area (Å²) >= 11 is 5.21. The topological polar surface area (TPSA) is 59.1 Å². The molecule has 2 rings (SSSR count). The van der Waals surface area contributed by atoms with Crippen LogP contribution in [0, 0.1) is 3.57 Å². The van der Waals surface area contributed by atoms with Crippen LogP contribution in [0.5, 0.6) is 0 Å². The Balaban J connectivity index is 2.41. The third-order valence-corrected chi connectivity index (χ3v) is 3.70. The van der Waals surface area contributed by atoms with Crippen LogP contribution in [0.25, 0.3) is 0 Å². The van der Waals surface area contributed by atoms with E-state index >= 15 is 0 Å². The minimum atomic E-state index is -0.214. The van der Waals surface area contributed by atoms with Gasteiger partial charge in [0.1, 0.15) is 5.69 Å². The molecular formula is C14H10BrIN2O2. The molecule has 0 unspecified atom stereocenters. The first kappa shape index (κ1) is 15.1. The second kappa shape index (κ2) is 6.94. The normalized spacial score (nSPS) is 10.1. The molecule has 0 fully saturated rings. The van der Waals surface area contributed by atoms with E-state index in [4.69, 9.17) is 0 Å². The van der Waals surface area contributed by atoms with Gasteiger partial charge in [-0.2, -0.15) is 0 Å². The molecule has 0 atom stereocenters. The first-order valence-electron chi connectivity index (χ1n) is 5.73. The van der Waals surface area contributed by atoms with Crippen LogP contribution in [-0.4, -0.2) is 22.0 Å². The molecule has 0 aliphatic heterocycles. The molecule has 0 bridgehead atoms. The largest absolute Gasteiger partial charge is 0.325 e. The number of anilines is 1. The fraction of sp³-hybridized carbons (Fsp3) is 0.0714. The molecule has 2 aromatic rings. The highest BCUT2D eigenvalue weighted by atomic mass is 127. The van der Waals surface area contributed by atoms with Gasteiger partial charge in [0.2, 0.25) is 11.7 Å². The van der Waals surface area contributed by atoms with Gasteiger partial charge in [-0.15, -0.1) is 0 Å². The number of amides is 1. The second-order valence-corrected chi connectivity index (χ2v) is 5.72. The molecule has 1 aromatic carbocycles. The van der Waals surface area contributed by atoms with Gasteiger partial charge in [0, 0.05) is 15.3 Å². The average Bonchev–Trinajstić information content (AvgIpc) is 2.49. The maximum absolute atomic E-state index is 12.5. The number of nitrogens with zero attached hydrogens (tertiary/aromatic N) is 1. The summed E-state index contributed by atoms with van der Waals surface area (Å²) in [5, 5.41) is 2.88. The van der Waals surface area contributed by atoms with Gasteiger partial charge in [0.25, 0.3) is 0 Å². The smallest absolute Gasteiger partial charge is 0.235 e. The van der Waals surface area contributed by atoms with E-state index in [1.807, 2.05) is 6.07 Å². The quantitative estimate of drug-likeness (QED) is 0.447. The molecule has 1 heterocycles. The Bertz CT molecular complexity index is 647. The molecule has 6 heteroatoms. The first-order chi connectivity index (χ1) is 9.61. The van der Waals surface area contributed by atoms with Crippen LogP contribution in [0.15, 0.2) is 42.6 Å². The standard InChI is InChI=1S/C14H10BrIN2O2/c15-8-13(19)18-11-5-4-9(16)7-10(11)14(20)12-3-1-2-6-17-12/h1-7H,8H2,(H,18,19). The van der Waals surface area contributed by atoms with Crippen molar-refractivity contribution in [2.24, 2.45) is 0 Å². The number of rotatable bonds is 4. The third kappa shape index (κ3) is 3.63. The van der Waals surface area contributed by atoms with Crippen molar-refractivity contribution in [3.05, 3.63) is 57.4 Å². The fourth-order valence-electron chi connectivity index (χ4n) is 1.63. The van der Waals surface area contributed by atoms with Gasteiger partial charge in [0.05, 0.1) is 11.0 Å². The van der Waals surface area contributed by atoms with E-state index in [0.717, 1.165) is 3.57 Å². The first-order valence-corrected chi connectivity index (χ1v) is 7.93. The molecule has 20 heavy (non-hydrogen) atoms. The van der Waals surface area contributed by atoms with E-state index < -0.39 is 0 Å². The zero-order chi connectivity index (χ0) is 14.5. The molecule has 0 aliphatic carbocycles. The number of ketones is 1. The van der Waals surface area contributed by atoms with Crippen LogP contribution in [0.2, 0.25) is 0 Å². The maximum Gasteiger partial charge on any atom is 0.235 e. The maximum atomic E-state index is 12.5. The Kier molecular flexibility index (Phi) is 5.24. The van der Waals surface area contributed by atoms with E-state index in [9.17, 15) is 9.59 Å². The predicted octanol–water partition coefficient (Wildman–Crippen LogP) is 3.25. The van der Waals surface area contributed by atoms with E-state index in [2.05, 4.69) is 48.8 Å². The van der Waals surface area contributed by atoms with Crippen molar-refractivity contribution in [1.29, 1.82) is 0 Å². The Morgan fingerprint density at radius 3 is 2.70 bits per heavy atom. The molecule has 0 radical (unpaired) electrons. The van der Waals surface area contributed by atoms with Crippen LogP contribution in [0.3, 0.4) is 0 Å². The summed E-state index contributed by atoms with van der Waals surface area (Å²) in [5.74, 6) is -0.421. The van der Waals surface area contributed by atoms with Gasteiger partial charge in [-0.1, -0.05) is 22.0 Å². The van der Waals surface area contributed by atoms with Gasteiger partial charge in [-0.3, -0.25) is 14.6 Å². The highest BCUT2D eigenvalue weighted by Gasteiger charge is 2.16. The summed E-state index contributed by atoms with van der Waals surface area (Å²) in [6, 6.07) is 10.4. The molecule has 0 aliphatic rings. The monoisotopic (exact) mass is 444 g/mol. The number of alkyl halides is 1. The molecule has 0 spiro atoms. The molecule has 0 saturated carbocycles. The number of benzene rings is 1. The predicted molar refractivity (Wildman–Crippen MR) is 89.3 cm³/mol. The SMILES string of the molecule is O=C(CBr)Nc1ccc(I)cc1C(=O)c1ccccn1. The van der Waals surface area contributed by atoms with Crippen molar-refractivity contribution in [3.63, 3.8) is 0 Å². The molecule has 1 amide bonds. The van der Waals surface area contributed by atoms with Crippen molar-refractivity contribution in [1.82, 2.24) is 4.98 Å². The van der Waals surface area contributed by atoms with E-state index in [1.165, 1.54) is 0 Å². The lowest BCUT2D eigenvalue weighted by Crippen LogP contribution is -2.16. The molecule has 0 saturated heterocycles. The number of nitrogens with one attached hydrogen (secondary N) is 1. The zero-order valence-electron chi connectivity index (χ0n) is 10.3. The summed E-state index contributed by atoms with van der Waals surface area (Å²) < 4.78 is 0.915. The Morgan fingerprint density at radius 2 is 2.05 bits per heavy atom. The minimum absolute atomic E-state index is 0.177. The lowest BCUT2D eigenvalue weighted by atomic mass is 10.1. The van der Waals surface area contributed by atoms with Crippen LogP contribution in [-0.2, 0) is 4.79 Å². The van der Waals surface area contributed by atoms with Gasteiger partial charge in [-0.05, 0) is 52.9 Å². The molecule has 102 valence electrons. The third-order valence-electron chi connectivity index (χ3n) is 2.52. The van der Waals surface area contributed by atoms with Crippen LogP contribution in [0.1, 0.15) is 16.1 Å². The summed E-state index contributed by atoms with van der Waals surface area (Å²) in [7, 11) is 0. The Morgan fingerprint density at radius 1 is 1.25 bits per heavy atom. The zero-order valence-corrected chi connectivity index (χ0v) is 14.0. The number of carbonyl (C=O) groups is 2. The number of hydrogen-bond donors (Lipinski definition) is 1. The second-order valence-electron chi connectivity index (χ2n) is 3.92. The summed E-state index contributed by atoms with van der Waals surface area (Å²) in [6.07, 6.45) is 1.57. The van der Waals surface area contributed by atoms with Crippen molar-refractivity contribution in [3.8, 4) is 0 Å². The van der Waals surface area contributed by atoms with E-state index in [0.29, 0.717) is 16.9 Å². The number of pyridine rings is 1. The lowest BCUT2D eigenvalue weighted by Gasteiger charge is -2.10. The van der Waals surface area contributed by atoms with Gasteiger partial charge in [-0.25, -0.2) is 0 Å². The number of halogens is 2. The van der Waals surface area contributed by atoms with Crippen molar-refractivity contribution in [2.75, 3.05) is 10.6 Å². The van der Waals surface area contributed by atoms with Crippen LogP contribution in [0.4, 0.5) is 5.69 Å². The summed E-state index contributed by atoms with van der Waals surface area (Å²) in [5.41, 5.74) is 1.28. The van der Waals surface area contributed by atoms with Gasteiger partial charge in [0.15, 0.2) is 0 Å². The molecule has 1 N–H and O–H groups in total.